The molecule has 0 aliphatic carbocycles. The number of hydrogen-bond acceptors (Lipinski definition) is 7. The van der Waals surface area contributed by atoms with E-state index in [2.05, 4.69) is 5.32 Å². The number of amides is 3. The van der Waals surface area contributed by atoms with Crippen LogP contribution >= 0.6 is 23.5 Å². The third-order valence-corrected chi connectivity index (χ3v) is 9.50. The third kappa shape index (κ3) is 6.13. The van der Waals surface area contributed by atoms with Gasteiger partial charge in [-0.15, -0.1) is 11.8 Å². The van der Waals surface area contributed by atoms with Crippen LogP contribution in [0.1, 0.15) is 35.3 Å². The van der Waals surface area contributed by atoms with E-state index in [0.717, 1.165) is 17.1 Å². The number of thioether (sulfide) groups is 2. The molecule has 204 valence electrons. The second-order valence-electron chi connectivity index (χ2n) is 10.2. The molecule has 2 aromatic carbocycles. The van der Waals surface area contributed by atoms with E-state index in [-0.39, 0.29) is 29.5 Å². The monoisotopic (exact) mass is 557 g/mol. The highest BCUT2D eigenvalue weighted by molar-refractivity contribution is 8.01. The van der Waals surface area contributed by atoms with Crippen LogP contribution < -0.4 is 5.32 Å². The molecule has 0 spiro atoms. The average molecular weight is 558 g/mol. The summed E-state index contributed by atoms with van der Waals surface area (Å²) in [5.74, 6) is 0.814. The molecule has 0 saturated carbocycles. The van der Waals surface area contributed by atoms with Gasteiger partial charge in [-0.05, 0) is 44.9 Å². The van der Waals surface area contributed by atoms with Gasteiger partial charge in [0.15, 0.2) is 6.10 Å². The Hall–Kier alpha value is -2.69. The minimum absolute atomic E-state index is 0.0114. The quantitative estimate of drug-likeness (QED) is 0.480. The van der Waals surface area contributed by atoms with E-state index in [0.29, 0.717) is 18.7 Å². The van der Waals surface area contributed by atoms with Crippen molar-refractivity contribution in [3.8, 4) is 5.75 Å². The van der Waals surface area contributed by atoms with E-state index in [1.54, 1.807) is 30.8 Å². The summed E-state index contributed by atoms with van der Waals surface area (Å²) in [5, 5.41) is 24.3. The van der Waals surface area contributed by atoms with Gasteiger partial charge in [0.2, 0.25) is 5.91 Å². The lowest BCUT2D eigenvalue weighted by atomic mass is 9.96. The number of aliphatic hydroxyl groups is 1. The minimum atomic E-state index is -1.57. The Bertz CT molecular complexity index is 1170. The zero-order valence-corrected chi connectivity index (χ0v) is 23.6. The third-order valence-electron chi connectivity index (χ3n) is 7.18. The maximum atomic E-state index is 13.8. The Labute approximate surface area is 232 Å². The molecule has 0 radical (unpaired) electrons. The maximum Gasteiger partial charge on any atom is 0.254 e. The number of aliphatic hydroxyl groups excluding tert-OH is 1. The van der Waals surface area contributed by atoms with Gasteiger partial charge in [0.05, 0.1) is 11.9 Å². The first kappa shape index (κ1) is 28.3. The lowest BCUT2D eigenvalue weighted by Gasteiger charge is -2.37. The molecule has 38 heavy (non-hydrogen) atoms. The lowest BCUT2D eigenvalue weighted by molar-refractivity contribution is -0.150. The van der Waals surface area contributed by atoms with Gasteiger partial charge >= 0.3 is 0 Å². The molecule has 4 rings (SSSR count). The molecule has 0 aromatic heterocycles. The lowest BCUT2D eigenvalue weighted by Crippen LogP contribution is -2.60. The molecule has 2 aliphatic heterocycles. The number of carbonyl (C=O) groups excluding carboxylic acids is 3. The second-order valence-corrected chi connectivity index (χ2v) is 13.0. The average Bonchev–Trinajstić information content (AvgIpc) is 3.24. The van der Waals surface area contributed by atoms with Gasteiger partial charge in [0.25, 0.3) is 11.8 Å². The summed E-state index contributed by atoms with van der Waals surface area (Å²) in [7, 11) is 0. The molecular weight excluding hydrogens is 522 g/mol. The summed E-state index contributed by atoms with van der Waals surface area (Å²) in [6.45, 7) is 6.82. The highest BCUT2D eigenvalue weighted by atomic mass is 32.2. The molecule has 2 aromatic rings. The number of phenolic OH excluding ortho intramolecular Hbond substituents is 1. The van der Waals surface area contributed by atoms with Crippen LogP contribution in [0, 0.1) is 6.92 Å². The predicted octanol–water partition coefficient (Wildman–Crippen LogP) is 2.66. The van der Waals surface area contributed by atoms with Gasteiger partial charge in [0.1, 0.15) is 11.8 Å². The van der Waals surface area contributed by atoms with E-state index < -0.39 is 34.7 Å². The molecule has 2 saturated heterocycles. The zero-order chi connectivity index (χ0) is 27.4. The van der Waals surface area contributed by atoms with Gasteiger partial charge in [-0.3, -0.25) is 14.4 Å². The summed E-state index contributed by atoms with van der Waals surface area (Å²) in [6, 6.07) is 12.3. The van der Waals surface area contributed by atoms with Crippen LogP contribution in [0.5, 0.6) is 5.75 Å². The number of aromatic hydroxyl groups is 1. The van der Waals surface area contributed by atoms with E-state index in [9.17, 15) is 24.6 Å². The highest BCUT2D eigenvalue weighted by Crippen LogP contribution is 2.40. The predicted molar refractivity (Wildman–Crippen MR) is 151 cm³/mol. The molecular formula is C28H35N3O5S2. The molecule has 2 heterocycles. The molecule has 3 unspecified atom stereocenters. The Balaban J connectivity index is 1.59. The van der Waals surface area contributed by atoms with E-state index >= 15 is 0 Å². The van der Waals surface area contributed by atoms with Crippen molar-refractivity contribution in [3.05, 3.63) is 65.2 Å². The van der Waals surface area contributed by atoms with Crippen molar-refractivity contribution in [1.29, 1.82) is 0 Å². The topological polar surface area (TPSA) is 110 Å². The first-order chi connectivity index (χ1) is 18.1. The van der Waals surface area contributed by atoms with Crippen LogP contribution in [-0.4, -0.2) is 91.1 Å². The number of carbonyl (C=O) groups is 3. The first-order valence-electron chi connectivity index (χ1n) is 12.7. The molecule has 0 bridgehead atoms. The van der Waals surface area contributed by atoms with Crippen LogP contribution in [-0.2, 0) is 16.0 Å². The maximum absolute atomic E-state index is 13.8. The van der Waals surface area contributed by atoms with Crippen LogP contribution in [0.15, 0.2) is 48.5 Å². The SMILES string of the molecule is Cc1c(O)cccc1C(=O)NC(Cc1ccccc1)C(O)C(=O)N1CSC(C)(C)C1C(=O)N1CCSCC1. The van der Waals surface area contributed by atoms with Gasteiger partial charge in [-0.1, -0.05) is 36.4 Å². The van der Waals surface area contributed by atoms with E-state index in [1.165, 1.54) is 22.7 Å². The van der Waals surface area contributed by atoms with Crippen LogP contribution in [0.2, 0.25) is 0 Å². The Morgan fingerprint density at radius 3 is 2.45 bits per heavy atom. The molecule has 3 N–H and O–H groups in total. The highest BCUT2D eigenvalue weighted by Gasteiger charge is 2.51. The number of nitrogens with zero attached hydrogens (tertiary/aromatic N) is 2. The van der Waals surface area contributed by atoms with Crippen LogP contribution in [0.25, 0.3) is 0 Å². The van der Waals surface area contributed by atoms with Crippen LogP contribution in [0.4, 0.5) is 0 Å². The molecule has 3 atom stereocenters. The van der Waals surface area contributed by atoms with Crippen molar-refractivity contribution in [2.75, 3.05) is 30.5 Å². The fourth-order valence-electron chi connectivity index (χ4n) is 4.91. The molecule has 2 aliphatic rings. The number of nitrogens with one attached hydrogen (secondary N) is 1. The van der Waals surface area contributed by atoms with Crippen molar-refractivity contribution >= 4 is 41.2 Å². The van der Waals surface area contributed by atoms with Crippen molar-refractivity contribution in [2.24, 2.45) is 0 Å². The fraction of sp³-hybridized carbons (Fsp3) is 0.464. The van der Waals surface area contributed by atoms with Gasteiger partial charge in [-0.25, -0.2) is 0 Å². The molecule has 3 amide bonds. The van der Waals surface area contributed by atoms with Gasteiger partial charge < -0.3 is 25.3 Å². The number of rotatable bonds is 7. The summed E-state index contributed by atoms with van der Waals surface area (Å²) in [6.07, 6.45) is -1.36. The normalized spacial score (nSPS) is 20.6. The second kappa shape index (κ2) is 12.0. The Morgan fingerprint density at radius 2 is 1.76 bits per heavy atom. The van der Waals surface area contributed by atoms with Crippen molar-refractivity contribution in [1.82, 2.24) is 15.1 Å². The Morgan fingerprint density at radius 1 is 1.08 bits per heavy atom. The smallest absolute Gasteiger partial charge is 0.254 e. The largest absolute Gasteiger partial charge is 0.508 e. The summed E-state index contributed by atoms with van der Waals surface area (Å²) in [4.78, 5) is 43.9. The zero-order valence-electron chi connectivity index (χ0n) is 21.9. The van der Waals surface area contributed by atoms with E-state index in [1.807, 2.05) is 49.1 Å². The molecule has 10 heteroatoms. The summed E-state index contributed by atoms with van der Waals surface area (Å²) in [5.41, 5.74) is 1.51. The van der Waals surface area contributed by atoms with Crippen LogP contribution in [0.3, 0.4) is 0 Å². The van der Waals surface area contributed by atoms with Gasteiger partial charge in [0, 0.05) is 40.5 Å². The Kier molecular flexibility index (Phi) is 8.95. The number of benzene rings is 2. The summed E-state index contributed by atoms with van der Waals surface area (Å²) >= 11 is 3.32. The van der Waals surface area contributed by atoms with Crippen molar-refractivity contribution in [2.45, 2.75) is 50.1 Å². The van der Waals surface area contributed by atoms with Gasteiger partial charge in [-0.2, -0.15) is 11.8 Å². The summed E-state index contributed by atoms with van der Waals surface area (Å²) < 4.78 is -0.520. The van der Waals surface area contributed by atoms with Crippen molar-refractivity contribution < 1.29 is 24.6 Å². The molecule has 2 fully saturated rings. The fourth-order valence-corrected chi connectivity index (χ4v) is 6.95. The van der Waals surface area contributed by atoms with E-state index in [4.69, 9.17) is 0 Å². The number of phenols is 1. The van der Waals surface area contributed by atoms with Crippen molar-refractivity contribution in [3.63, 3.8) is 0 Å². The molecule has 8 nitrogen and oxygen atoms in total. The first-order valence-corrected chi connectivity index (χ1v) is 14.9. The number of hydrogen-bond donors (Lipinski definition) is 3. The minimum Gasteiger partial charge on any atom is -0.508 e. The standard InChI is InChI=1S/C28H35N3O5S2/c1-18-20(10-7-11-22(18)32)25(34)29-21(16-19-8-5-4-6-9-19)23(33)26(35)31-17-38-28(2,3)24(31)27(36)30-12-14-37-15-13-30/h4-11,21,23-24,32-33H,12-17H2,1-3H3,(H,29,34).